The van der Waals surface area contributed by atoms with E-state index in [1.165, 1.54) is 48.8 Å². The fraction of sp³-hybridized carbons (Fsp3) is 0.581. The number of carbonyl (C=O) groups excluding carboxylic acids is 1. The molecule has 1 aliphatic carbocycles. The first-order chi connectivity index (χ1) is 19.0. The van der Waals surface area contributed by atoms with E-state index in [2.05, 4.69) is 28.7 Å². The van der Waals surface area contributed by atoms with Crippen molar-refractivity contribution in [1.29, 1.82) is 0 Å². The SMILES string of the molecule is CCCc1cc(Cl)ccc1C1COc2ccc(C(O)C(=O)NSC)cc2N(CC2CCC2C2CCCCO2)C1. The zero-order chi connectivity index (χ0) is 27.4. The number of aliphatic hydroxyl groups excluding tert-OH is 1. The minimum Gasteiger partial charge on any atom is -0.491 e. The summed E-state index contributed by atoms with van der Waals surface area (Å²) in [5.41, 5.74) is 4.10. The summed E-state index contributed by atoms with van der Waals surface area (Å²) in [6.45, 7) is 5.35. The summed E-state index contributed by atoms with van der Waals surface area (Å²) >= 11 is 7.58. The Labute approximate surface area is 241 Å². The van der Waals surface area contributed by atoms with Crippen LogP contribution < -0.4 is 14.4 Å². The standard InChI is InChI=1S/C31H41ClN2O4S/c1-3-6-20-15-24(32)10-12-25(20)23-18-34(17-22-8-11-26(22)28-7-4-5-14-37-28)27-16-21(9-13-29(27)38-19-23)30(35)31(36)33-39-2/h9-10,12-13,15-16,22-23,26,28,30,35H,3-8,11,14,17-19H2,1-2H3,(H,33,36). The lowest BCUT2D eigenvalue weighted by Crippen LogP contribution is -2.45. The number of rotatable bonds is 9. The van der Waals surface area contributed by atoms with Gasteiger partial charge in [-0.3, -0.25) is 9.52 Å². The van der Waals surface area contributed by atoms with Crippen molar-refractivity contribution in [3.05, 3.63) is 58.1 Å². The van der Waals surface area contributed by atoms with Gasteiger partial charge in [-0.05, 0) is 91.3 Å². The highest BCUT2D eigenvalue weighted by Gasteiger charge is 2.40. The van der Waals surface area contributed by atoms with Crippen molar-refractivity contribution >= 4 is 35.1 Å². The molecule has 3 aliphatic rings. The molecular formula is C31H41ClN2O4S. The fourth-order valence-corrected chi connectivity index (χ4v) is 7.01. The molecule has 5 rings (SSSR count). The lowest BCUT2D eigenvalue weighted by molar-refractivity contribution is -0.127. The molecule has 2 aliphatic heterocycles. The minimum atomic E-state index is -1.23. The van der Waals surface area contributed by atoms with Crippen LogP contribution in [0.2, 0.25) is 5.02 Å². The van der Waals surface area contributed by atoms with Crippen molar-refractivity contribution < 1.29 is 19.4 Å². The first kappa shape index (κ1) is 28.6. The highest BCUT2D eigenvalue weighted by molar-refractivity contribution is 7.97. The Hall–Kier alpha value is -1.93. The zero-order valence-corrected chi connectivity index (χ0v) is 24.6. The number of carbonyl (C=O) groups is 1. The van der Waals surface area contributed by atoms with Crippen LogP contribution in [0.5, 0.6) is 5.75 Å². The van der Waals surface area contributed by atoms with Gasteiger partial charge in [-0.2, -0.15) is 0 Å². The average Bonchev–Trinajstić information content (AvgIpc) is 3.11. The predicted octanol–water partition coefficient (Wildman–Crippen LogP) is 6.30. The van der Waals surface area contributed by atoms with E-state index in [4.69, 9.17) is 21.1 Å². The first-order valence-electron chi connectivity index (χ1n) is 14.4. The third-order valence-corrected chi connectivity index (χ3v) is 9.30. The molecule has 6 nitrogen and oxygen atoms in total. The maximum atomic E-state index is 12.4. The summed E-state index contributed by atoms with van der Waals surface area (Å²) in [4.78, 5) is 14.9. The van der Waals surface area contributed by atoms with Crippen LogP contribution in [0.15, 0.2) is 36.4 Å². The van der Waals surface area contributed by atoms with Crippen LogP contribution in [0.1, 0.15) is 74.2 Å². The number of aryl methyl sites for hydroxylation is 1. The zero-order valence-electron chi connectivity index (χ0n) is 23.0. The maximum Gasteiger partial charge on any atom is 0.263 e. The van der Waals surface area contributed by atoms with E-state index in [0.717, 1.165) is 55.4 Å². The highest BCUT2D eigenvalue weighted by atomic mass is 35.5. The number of hydrogen-bond donors (Lipinski definition) is 2. The van der Waals surface area contributed by atoms with Crippen LogP contribution in [0, 0.1) is 11.8 Å². The largest absolute Gasteiger partial charge is 0.491 e. The van der Waals surface area contributed by atoms with Gasteiger partial charge in [0.05, 0.1) is 18.4 Å². The molecule has 39 heavy (non-hydrogen) atoms. The monoisotopic (exact) mass is 572 g/mol. The van der Waals surface area contributed by atoms with Gasteiger partial charge in [-0.25, -0.2) is 0 Å². The minimum absolute atomic E-state index is 0.175. The summed E-state index contributed by atoms with van der Waals surface area (Å²) in [6, 6.07) is 11.9. The van der Waals surface area contributed by atoms with Crippen molar-refractivity contribution in [3.8, 4) is 5.75 Å². The molecule has 2 aromatic rings. The molecule has 5 atom stereocenters. The van der Waals surface area contributed by atoms with Crippen molar-refractivity contribution in [1.82, 2.24) is 4.72 Å². The molecule has 0 bridgehead atoms. The summed E-state index contributed by atoms with van der Waals surface area (Å²) in [7, 11) is 0. The van der Waals surface area contributed by atoms with Gasteiger partial charge in [-0.15, -0.1) is 0 Å². The summed E-state index contributed by atoms with van der Waals surface area (Å²) < 4.78 is 15.3. The van der Waals surface area contributed by atoms with E-state index in [1.54, 1.807) is 12.3 Å². The Balaban J connectivity index is 1.45. The Morgan fingerprint density at radius 1 is 1.21 bits per heavy atom. The number of benzene rings is 2. The molecule has 0 aromatic heterocycles. The van der Waals surface area contributed by atoms with Crippen molar-refractivity contribution in [2.75, 3.05) is 37.5 Å². The van der Waals surface area contributed by atoms with Gasteiger partial charge in [0.2, 0.25) is 0 Å². The van der Waals surface area contributed by atoms with Gasteiger partial charge in [0.15, 0.2) is 6.10 Å². The third kappa shape index (κ3) is 6.53. The van der Waals surface area contributed by atoms with Crippen LogP contribution in [0.4, 0.5) is 5.69 Å². The molecule has 2 aromatic carbocycles. The fourth-order valence-electron chi connectivity index (χ4n) is 6.51. The molecule has 1 amide bonds. The quantitative estimate of drug-likeness (QED) is 0.344. The smallest absolute Gasteiger partial charge is 0.263 e. The van der Waals surface area contributed by atoms with Crippen LogP contribution in [-0.4, -0.2) is 49.7 Å². The molecule has 0 spiro atoms. The van der Waals surface area contributed by atoms with Gasteiger partial charge in [0, 0.05) is 36.9 Å². The number of fused-ring (bicyclic) bond motifs is 1. The van der Waals surface area contributed by atoms with Crippen molar-refractivity contribution in [3.63, 3.8) is 0 Å². The lowest BCUT2D eigenvalue weighted by Gasteiger charge is -2.45. The number of amides is 1. The van der Waals surface area contributed by atoms with E-state index in [-0.39, 0.29) is 5.92 Å². The maximum absolute atomic E-state index is 12.4. The number of halogens is 1. The number of nitrogens with one attached hydrogen (secondary N) is 1. The van der Waals surface area contributed by atoms with E-state index in [0.29, 0.717) is 30.1 Å². The normalized spacial score (nSPS) is 25.6. The van der Waals surface area contributed by atoms with E-state index >= 15 is 0 Å². The Bertz CT molecular complexity index is 1140. The molecule has 2 fully saturated rings. The van der Waals surface area contributed by atoms with E-state index in [9.17, 15) is 9.90 Å². The molecule has 8 heteroatoms. The molecule has 212 valence electrons. The number of nitrogens with zero attached hydrogens (tertiary/aromatic N) is 1. The van der Waals surface area contributed by atoms with E-state index < -0.39 is 12.0 Å². The molecule has 2 N–H and O–H groups in total. The number of ether oxygens (including phenoxy) is 2. The van der Waals surface area contributed by atoms with E-state index in [1.807, 2.05) is 18.2 Å². The summed E-state index contributed by atoms with van der Waals surface area (Å²) in [6.07, 6.45) is 8.94. The Kier molecular flexibility index (Phi) is 9.65. The van der Waals surface area contributed by atoms with Crippen LogP contribution in [0.3, 0.4) is 0 Å². The van der Waals surface area contributed by atoms with Crippen molar-refractivity contribution in [2.24, 2.45) is 11.8 Å². The first-order valence-corrected chi connectivity index (χ1v) is 16.0. The lowest BCUT2D eigenvalue weighted by atomic mass is 9.69. The second-order valence-corrected chi connectivity index (χ2v) is 12.3. The number of aliphatic hydroxyl groups is 1. The van der Waals surface area contributed by atoms with Gasteiger partial charge in [0.25, 0.3) is 5.91 Å². The van der Waals surface area contributed by atoms with Crippen molar-refractivity contribution in [2.45, 2.75) is 70.0 Å². The molecule has 1 saturated heterocycles. The highest BCUT2D eigenvalue weighted by Crippen LogP contribution is 2.44. The third-order valence-electron chi connectivity index (χ3n) is 8.66. The topological polar surface area (TPSA) is 71.0 Å². The van der Waals surface area contributed by atoms with Crippen LogP contribution >= 0.6 is 23.5 Å². The van der Waals surface area contributed by atoms with Gasteiger partial charge < -0.3 is 19.5 Å². The molecule has 1 saturated carbocycles. The van der Waals surface area contributed by atoms with Crippen LogP contribution in [-0.2, 0) is 16.0 Å². The summed E-state index contributed by atoms with van der Waals surface area (Å²) in [5, 5.41) is 11.5. The Morgan fingerprint density at radius 2 is 2.08 bits per heavy atom. The van der Waals surface area contributed by atoms with Gasteiger partial charge in [0.1, 0.15) is 5.75 Å². The second-order valence-electron chi connectivity index (χ2n) is 11.2. The molecular weight excluding hydrogens is 532 g/mol. The molecule has 2 heterocycles. The summed E-state index contributed by atoms with van der Waals surface area (Å²) in [5.74, 6) is 1.70. The average molecular weight is 573 g/mol. The van der Waals surface area contributed by atoms with Gasteiger partial charge in [-0.1, -0.05) is 49.0 Å². The second kappa shape index (κ2) is 13.2. The number of hydrogen-bond acceptors (Lipinski definition) is 6. The van der Waals surface area contributed by atoms with Gasteiger partial charge >= 0.3 is 0 Å². The van der Waals surface area contributed by atoms with Crippen LogP contribution in [0.25, 0.3) is 0 Å². The number of anilines is 1. The molecule has 5 unspecified atom stereocenters. The Morgan fingerprint density at radius 3 is 2.79 bits per heavy atom. The molecule has 0 radical (unpaired) electrons. The predicted molar refractivity (Wildman–Crippen MR) is 159 cm³/mol.